The van der Waals surface area contributed by atoms with Crippen LogP contribution in [0.3, 0.4) is 0 Å². The molecule has 0 fully saturated rings. The van der Waals surface area contributed by atoms with E-state index in [2.05, 4.69) is 13.0 Å². The third-order valence-electron chi connectivity index (χ3n) is 3.35. The summed E-state index contributed by atoms with van der Waals surface area (Å²) in [6, 6.07) is 5.32. The second-order valence-electron chi connectivity index (χ2n) is 6.64. The predicted molar refractivity (Wildman–Crippen MR) is 99.0 cm³/mol. The average molecular weight is 346 g/mol. The molecular weight excluding hydrogens is 320 g/mol. The average Bonchev–Trinajstić information content (AvgIpc) is 2.53. The van der Waals surface area contributed by atoms with Crippen LogP contribution in [0.5, 0.6) is 17.2 Å². The van der Waals surface area contributed by atoms with E-state index in [4.69, 9.17) is 18.6 Å². The largest absolute Gasteiger partial charge is 0.492 e. The zero-order valence-electron chi connectivity index (χ0n) is 15.5. The molecule has 1 aromatic heterocycles. The molecule has 0 amide bonds. The molecule has 2 aromatic rings. The topological polar surface area (TPSA) is 57.9 Å². The van der Waals surface area contributed by atoms with Crippen LogP contribution < -0.4 is 19.8 Å². The van der Waals surface area contributed by atoms with Crippen LogP contribution in [0.4, 0.5) is 0 Å². The van der Waals surface area contributed by atoms with Gasteiger partial charge in [0.2, 0.25) is 5.75 Å². The van der Waals surface area contributed by atoms with Crippen LogP contribution in [-0.4, -0.2) is 19.3 Å². The van der Waals surface area contributed by atoms with E-state index in [1.165, 1.54) is 7.11 Å². The molecule has 25 heavy (non-hydrogen) atoms. The molecule has 0 saturated carbocycles. The third-order valence-corrected chi connectivity index (χ3v) is 3.35. The summed E-state index contributed by atoms with van der Waals surface area (Å²) < 4.78 is 22.2. The molecule has 136 valence electrons. The van der Waals surface area contributed by atoms with Gasteiger partial charge in [-0.3, -0.25) is 0 Å². The van der Waals surface area contributed by atoms with Gasteiger partial charge >= 0.3 is 5.63 Å². The van der Waals surface area contributed by atoms with Crippen molar-refractivity contribution in [2.45, 2.75) is 46.1 Å². The fourth-order valence-corrected chi connectivity index (χ4v) is 2.39. The Bertz CT molecular complexity index is 796. The minimum absolute atomic E-state index is 0.101. The summed E-state index contributed by atoms with van der Waals surface area (Å²) in [5.41, 5.74) is -0.494. The molecule has 0 N–H and O–H groups in total. The van der Waals surface area contributed by atoms with Gasteiger partial charge in [-0.2, -0.15) is 0 Å². The van der Waals surface area contributed by atoms with Crippen LogP contribution in [0.25, 0.3) is 11.0 Å². The maximum Gasteiger partial charge on any atom is 0.383 e. The van der Waals surface area contributed by atoms with Crippen LogP contribution in [0, 0.1) is 0 Å². The first-order chi connectivity index (χ1) is 11.9. The molecule has 1 heterocycles. The van der Waals surface area contributed by atoms with Crippen molar-refractivity contribution < 1.29 is 18.6 Å². The molecule has 0 atom stereocenters. The molecule has 5 heteroatoms. The van der Waals surface area contributed by atoms with Gasteiger partial charge in [-0.1, -0.05) is 19.1 Å². The summed E-state index contributed by atoms with van der Waals surface area (Å²) in [4.78, 5) is 12.3. The second-order valence-corrected chi connectivity index (χ2v) is 6.64. The lowest BCUT2D eigenvalue weighted by Crippen LogP contribution is -2.22. The third kappa shape index (κ3) is 5.02. The highest BCUT2D eigenvalue weighted by atomic mass is 16.5. The van der Waals surface area contributed by atoms with E-state index >= 15 is 0 Å². The number of hydrogen-bond acceptors (Lipinski definition) is 5. The Morgan fingerprint density at radius 1 is 1.16 bits per heavy atom. The maximum absolute atomic E-state index is 12.3. The van der Waals surface area contributed by atoms with Gasteiger partial charge < -0.3 is 18.6 Å². The molecular formula is C20H26O5. The second kappa shape index (κ2) is 8.10. The molecule has 0 bridgehead atoms. The van der Waals surface area contributed by atoms with Gasteiger partial charge in [-0.15, -0.1) is 0 Å². The minimum Gasteiger partial charge on any atom is -0.492 e. The van der Waals surface area contributed by atoms with Crippen molar-refractivity contribution in [1.29, 1.82) is 0 Å². The van der Waals surface area contributed by atoms with Gasteiger partial charge in [0.25, 0.3) is 0 Å². The lowest BCUT2D eigenvalue weighted by Gasteiger charge is -2.21. The number of rotatable bonds is 7. The summed E-state index contributed by atoms with van der Waals surface area (Å²) in [7, 11) is 1.51. The highest BCUT2D eigenvalue weighted by Crippen LogP contribution is 2.34. The van der Waals surface area contributed by atoms with E-state index in [-0.39, 0.29) is 11.4 Å². The normalized spacial score (nSPS) is 11.9. The molecule has 0 unspecified atom stereocenters. The van der Waals surface area contributed by atoms with E-state index in [0.29, 0.717) is 35.5 Å². The van der Waals surface area contributed by atoms with Gasteiger partial charge in [0, 0.05) is 6.07 Å². The number of allylic oxidation sites excluding steroid dienone is 1. The summed E-state index contributed by atoms with van der Waals surface area (Å²) in [5, 5.41) is 0.669. The number of ether oxygens (including phenoxy) is 3. The number of benzene rings is 1. The van der Waals surface area contributed by atoms with Crippen molar-refractivity contribution in [3.05, 3.63) is 40.8 Å². The quantitative estimate of drug-likeness (QED) is 0.413. The molecule has 0 spiro atoms. The van der Waals surface area contributed by atoms with Crippen molar-refractivity contribution in [1.82, 2.24) is 0 Å². The Labute approximate surface area is 148 Å². The van der Waals surface area contributed by atoms with E-state index in [1.54, 1.807) is 6.07 Å². The Hall–Kier alpha value is -2.43. The molecule has 0 aliphatic carbocycles. The fraction of sp³-hybridized carbons (Fsp3) is 0.450. The first-order valence-corrected chi connectivity index (χ1v) is 8.47. The Morgan fingerprint density at radius 3 is 2.56 bits per heavy atom. The van der Waals surface area contributed by atoms with Gasteiger partial charge in [0.15, 0.2) is 5.75 Å². The number of fused-ring (bicyclic) bond motifs is 1. The van der Waals surface area contributed by atoms with Crippen LogP contribution in [0.15, 0.2) is 39.6 Å². The minimum atomic E-state index is -0.559. The molecule has 0 radical (unpaired) electrons. The Morgan fingerprint density at radius 2 is 1.92 bits per heavy atom. The summed E-state index contributed by atoms with van der Waals surface area (Å²) in [6.45, 7) is 8.32. The maximum atomic E-state index is 12.3. The zero-order valence-corrected chi connectivity index (χ0v) is 15.5. The molecule has 0 saturated heterocycles. The highest BCUT2D eigenvalue weighted by molar-refractivity contribution is 5.86. The molecule has 0 aliphatic heterocycles. The standard InChI is InChI=1S/C20H26O5/c1-6-7-8-9-12-23-18-17(22-5)15-11-10-14(25-20(2,3)4)13-16(15)24-19(18)21/h7-8,10-11,13H,6,9,12H2,1-5H3/b8-7+. The van der Waals surface area contributed by atoms with Crippen LogP contribution >= 0.6 is 0 Å². The Balaban J connectivity index is 2.35. The van der Waals surface area contributed by atoms with E-state index in [1.807, 2.05) is 39.0 Å². The Kier molecular flexibility index (Phi) is 6.12. The van der Waals surface area contributed by atoms with Gasteiger partial charge in [-0.05, 0) is 45.7 Å². The van der Waals surface area contributed by atoms with Crippen molar-refractivity contribution in [2.75, 3.05) is 13.7 Å². The van der Waals surface area contributed by atoms with Gasteiger partial charge in [0.05, 0.1) is 19.1 Å². The van der Waals surface area contributed by atoms with E-state index in [0.717, 1.165) is 6.42 Å². The van der Waals surface area contributed by atoms with Gasteiger partial charge in [0.1, 0.15) is 16.9 Å². The number of methoxy groups -OCH3 is 1. The molecule has 2 rings (SSSR count). The van der Waals surface area contributed by atoms with Crippen LogP contribution in [0.2, 0.25) is 0 Å². The smallest absolute Gasteiger partial charge is 0.383 e. The van der Waals surface area contributed by atoms with Crippen molar-refractivity contribution in [2.24, 2.45) is 0 Å². The monoisotopic (exact) mass is 346 g/mol. The molecule has 5 nitrogen and oxygen atoms in total. The first kappa shape index (κ1) is 18.9. The predicted octanol–water partition coefficient (Wildman–Crippen LogP) is 4.71. The summed E-state index contributed by atoms with van der Waals surface area (Å²) in [6.07, 6.45) is 5.76. The van der Waals surface area contributed by atoms with Gasteiger partial charge in [-0.25, -0.2) is 4.79 Å². The number of hydrogen-bond donors (Lipinski definition) is 0. The summed E-state index contributed by atoms with van der Waals surface area (Å²) in [5.74, 6) is 1.11. The molecule has 0 aliphatic rings. The first-order valence-electron chi connectivity index (χ1n) is 8.47. The SMILES string of the molecule is CC/C=C/CCOc1c(OC)c2ccc(OC(C)(C)C)cc2oc1=O. The van der Waals surface area contributed by atoms with E-state index in [9.17, 15) is 4.79 Å². The summed E-state index contributed by atoms with van der Waals surface area (Å²) >= 11 is 0. The molecule has 1 aromatic carbocycles. The van der Waals surface area contributed by atoms with Crippen LogP contribution in [-0.2, 0) is 0 Å². The lowest BCUT2D eigenvalue weighted by molar-refractivity contribution is 0.131. The lowest BCUT2D eigenvalue weighted by atomic mass is 10.1. The van der Waals surface area contributed by atoms with Crippen LogP contribution in [0.1, 0.15) is 40.5 Å². The fourth-order valence-electron chi connectivity index (χ4n) is 2.39. The van der Waals surface area contributed by atoms with Crippen molar-refractivity contribution in [3.63, 3.8) is 0 Å². The zero-order chi connectivity index (χ0) is 18.4. The van der Waals surface area contributed by atoms with Crippen molar-refractivity contribution >= 4 is 11.0 Å². The highest BCUT2D eigenvalue weighted by Gasteiger charge is 2.19. The van der Waals surface area contributed by atoms with E-state index < -0.39 is 5.63 Å². The van der Waals surface area contributed by atoms with Crippen molar-refractivity contribution in [3.8, 4) is 17.2 Å².